The van der Waals surface area contributed by atoms with E-state index in [2.05, 4.69) is 10.6 Å². The van der Waals surface area contributed by atoms with E-state index in [1.807, 2.05) is 55.5 Å². The smallest absolute Gasteiger partial charge is 0.315 e. The molecule has 0 aliphatic carbocycles. The van der Waals surface area contributed by atoms with E-state index in [4.69, 9.17) is 4.74 Å². The van der Waals surface area contributed by atoms with Gasteiger partial charge in [0.05, 0.1) is 13.2 Å². The second kappa shape index (κ2) is 8.58. The summed E-state index contributed by atoms with van der Waals surface area (Å²) in [5.41, 5.74) is 2.82. The van der Waals surface area contributed by atoms with Crippen LogP contribution in [0.1, 0.15) is 36.9 Å². The number of nitrogens with one attached hydrogen (secondary N) is 2. The van der Waals surface area contributed by atoms with Crippen LogP contribution in [-0.2, 0) is 11.3 Å². The number of urea groups is 1. The summed E-state index contributed by atoms with van der Waals surface area (Å²) in [6.07, 6.45) is 1.53. The minimum Gasteiger partial charge on any atom is -0.496 e. The summed E-state index contributed by atoms with van der Waals surface area (Å²) < 4.78 is 5.34. The molecule has 0 saturated carbocycles. The summed E-state index contributed by atoms with van der Waals surface area (Å²) in [4.78, 5) is 25.8. The summed E-state index contributed by atoms with van der Waals surface area (Å²) >= 11 is 0. The lowest BCUT2D eigenvalue weighted by molar-refractivity contribution is -0.117. The van der Waals surface area contributed by atoms with Gasteiger partial charge in [-0.2, -0.15) is 0 Å². The van der Waals surface area contributed by atoms with Gasteiger partial charge in [-0.05, 0) is 37.1 Å². The molecule has 0 aromatic heterocycles. The second-order valence-electron chi connectivity index (χ2n) is 6.61. The lowest BCUT2D eigenvalue weighted by atomic mass is 10.1. The summed E-state index contributed by atoms with van der Waals surface area (Å²) in [6, 6.07) is 14.9. The largest absolute Gasteiger partial charge is 0.496 e. The highest BCUT2D eigenvalue weighted by Crippen LogP contribution is 2.24. The zero-order valence-electron chi connectivity index (χ0n) is 15.7. The van der Waals surface area contributed by atoms with Crippen molar-refractivity contribution in [3.05, 3.63) is 59.7 Å². The topological polar surface area (TPSA) is 70.7 Å². The molecule has 1 aliphatic rings. The Kier molecular flexibility index (Phi) is 5.96. The average Bonchev–Trinajstić information content (AvgIpc) is 3.12. The summed E-state index contributed by atoms with van der Waals surface area (Å²) in [5.74, 6) is 0.919. The summed E-state index contributed by atoms with van der Waals surface area (Å²) in [6.45, 7) is 3.11. The monoisotopic (exact) mass is 367 g/mol. The molecule has 1 unspecified atom stereocenters. The number of anilines is 1. The maximum Gasteiger partial charge on any atom is 0.315 e. The predicted molar refractivity (Wildman–Crippen MR) is 105 cm³/mol. The molecule has 142 valence electrons. The fraction of sp³-hybridized carbons (Fsp3) is 0.333. The highest BCUT2D eigenvalue weighted by atomic mass is 16.5. The van der Waals surface area contributed by atoms with Gasteiger partial charge in [0.15, 0.2) is 0 Å². The average molecular weight is 367 g/mol. The van der Waals surface area contributed by atoms with Crippen LogP contribution in [0.25, 0.3) is 0 Å². The van der Waals surface area contributed by atoms with E-state index in [0.717, 1.165) is 35.5 Å². The van der Waals surface area contributed by atoms with Crippen LogP contribution < -0.4 is 20.3 Å². The molecule has 27 heavy (non-hydrogen) atoms. The number of para-hydroxylation sites is 1. The number of hydrogen-bond donors (Lipinski definition) is 2. The molecule has 0 radical (unpaired) electrons. The van der Waals surface area contributed by atoms with Crippen LogP contribution in [0, 0.1) is 0 Å². The number of carbonyl (C=O) groups is 2. The number of benzene rings is 2. The summed E-state index contributed by atoms with van der Waals surface area (Å²) in [7, 11) is 1.62. The lowest BCUT2D eigenvalue weighted by Crippen LogP contribution is -2.36. The lowest BCUT2D eigenvalue weighted by Gasteiger charge is -2.18. The Bertz CT molecular complexity index is 805. The van der Waals surface area contributed by atoms with Crippen molar-refractivity contribution in [1.82, 2.24) is 10.6 Å². The Morgan fingerprint density at radius 2 is 1.93 bits per heavy atom. The van der Waals surface area contributed by atoms with Gasteiger partial charge < -0.3 is 20.3 Å². The molecule has 3 amide bonds. The molecule has 2 N–H and O–H groups in total. The number of methoxy groups -OCH3 is 1. The quantitative estimate of drug-likeness (QED) is 0.822. The van der Waals surface area contributed by atoms with Crippen molar-refractivity contribution in [1.29, 1.82) is 0 Å². The van der Waals surface area contributed by atoms with Gasteiger partial charge in [-0.3, -0.25) is 4.79 Å². The van der Waals surface area contributed by atoms with Gasteiger partial charge in [-0.15, -0.1) is 0 Å². The molecule has 6 heteroatoms. The number of hydrogen-bond acceptors (Lipinski definition) is 3. The fourth-order valence-electron chi connectivity index (χ4n) is 3.25. The van der Waals surface area contributed by atoms with Crippen molar-refractivity contribution in [2.75, 3.05) is 18.6 Å². The van der Waals surface area contributed by atoms with Crippen LogP contribution in [0.15, 0.2) is 48.5 Å². The molecule has 2 aromatic carbocycles. The van der Waals surface area contributed by atoms with Crippen molar-refractivity contribution >= 4 is 17.6 Å². The highest BCUT2D eigenvalue weighted by molar-refractivity contribution is 5.95. The first-order valence-corrected chi connectivity index (χ1v) is 9.15. The standard InChI is InChI=1S/C21H25N3O3/c1-15(18-6-3-4-7-19(18)27-2)23-21(26)22-14-16-9-11-17(12-10-16)24-13-5-8-20(24)25/h3-4,6-7,9-12,15H,5,8,13-14H2,1-2H3,(H2,22,23,26). The molecule has 0 spiro atoms. The first-order chi connectivity index (χ1) is 13.1. The Morgan fingerprint density at radius 1 is 1.19 bits per heavy atom. The predicted octanol–water partition coefficient (Wildman–Crippen LogP) is 3.38. The Labute approximate surface area is 159 Å². The Morgan fingerprint density at radius 3 is 2.59 bits per heavy atom. The van der Waals surface area contributed by atoms with E-state index in [1.165, 1.54) is 0 Å². The zero-order valence-corrected chi connectivity index (χ0v) is 15.7. The number of rotatable bonds is 6. The van der Waals surface area contributed by atoms with E-state index in [0.29, 0.717) is 13.0 Å². The van der Waals surface area contributed by atoms with Crippen molar-refractivity contribution in [2.24, 2.45) is 0 Å². The maximum atomic E-state index is 12.2. The minimum atomic E-state index is -0.243. The van der Waals surface area contributed by atoms with Crippen LogP contribution in [0.2, 0.25) is 0 Å². The van der Waals surface area contributed by atoms with Gasteiger partial charge >= 0.3 is 6.03 Å². The molecule has 3 rings (SSSR count). The third-order valence-corrected chi connectivity index (χ3v) is 4.73. The van der Waals surface area contributed by atoms with E-state index in [9.17, 15) is 9.59 Å². The van der Waals surface area contributed by atoms with Crippen LogP contribution in [0.4, 0.5) is 10.5 Å². The first kappa shape index (κ1) is 18.8. The third-order valence-electron chi connectivity index (χ3n) is 4.73. The van der Waals surface area contributed by atoms with E-state index >= 15 is 0 Å². The number of nitrogens with zero attached hydrogens (tertiary/aromatic N) is 1. The minimum absolute atomic E-state index is 0.172. The molecule has 1 saturated heterocycles. The number of carbonyl (C=O) groups excluding carboxylic acids is 2. The molecule has 1 fully saturated rings. The molecular formula is C21H25N3O3. The number of ether oxygens (including phenoxy) is 1. The van der Waals surface area contributed by atoms with E-state index < -0.39 is 0 Å². The second-order valence-corrected chi connectivity index (χ2v) is 6.61. The normalized spacial score (nSPS) is 14.7. The number of amides is 3. The highest BCUT2D eigenvalue weighted by Gasteiger charge is 2.21. The third kappa shape index (κ3) is 4.58. The van der Waals surface area contributed by atoms with Crippen LogP contribution in [0.5, 0.6) is 5.75 Å². The fourth-order valence-corrected chi connectivity index (χ4v) is 3.25. The zero-order chi connectivity index (χ0) is 19.2. The van der Waals surface area contributed by atoms with Crippen LogP contribution in [0.3, 0.4) is 0 Å². The van der Waals surface area contributed by atoms with Crippen LogP contribution in [-0.4, -0.2) is 25.6 Å². The molecule has 6 nitrogen and oxygen atoms in total. The first-order valence-electron chi connectivity index (χ1n) is 9.15. The van der Waals surface area contributed by atoms with Crippen molar-refractivity contribution in [3.8, 4) is 5.75 Å². The molecule has 1 atom stereocenters. The molecule has 2 aromatic rings. The van der Waals surface area contributed by atoms with Crippen molar-refractivity contribution in [3.63, 3.8) is 0 Å². The Hall–Kier alpha value is -3.02. The van der Waals surface area contributed by atoms with Gasteiger partial charge in [0.1, 0.15) is 5.75 Å². The summed E-state index contributed by atoms with van der Waals surface area (Å²) in [5, 5.41) is 5.78. The molecule has 1 aliphatic heterocycles. The van der Waals surface area contributed by atoms with Crippen LogP contribution >= 0.6 is 0 Å². The maximum absolute atomic E-state index is 12.2. The van der Waals surface area contributed by atoms with Gasteiger partial charge in [-0.25, -0.2) is 4.79 Å². The van der Waals surface area contributed by atoms with Gasteiger partial charge in [0.2, 0.25) is 5.91 Å². The van der Waals surface area contributed by atoms with Gasteiger partial charge in [0, 0.05) is 30.8 Å². The van der Waals surface area contributed by atoms with E-state index in [1.54, 1.807) is 12.0 Å². The van der Waals surface area contributed by atoms with E-state index in [-0.39, 0.29) is 18.0 Å². The Balaban J connectivity index is 1.52. The SMILES string of the molecule is COc1ccccc1C(C)NC(=O)NCc1ccc(N2CCCC2=O)cc1. The van der Waals surface area contributed by atoms with Crippen molar-refractivity contribution in [2.45, 2.75) is 32.4 Å². The van der Waals surface area contributed by atoms with Gasteiger partial charge in [-0.1, -0.05) is 30.3 Å². The van der Waals surface area contributed by atoms with Gasteiger partial charge in [0.25, 0.3) is 0 Å². The molecular weight excluding hydrogens is 342 g/mol. The molecule has 0 bridgehead atoms. The molecule has 1 heterocycles. The van der Waals surface area contributed by atoms with Crippen molar-refractivity contribution < 1.29 is 14.3 Å².